The zero-order valence-corrected chi connectivity index (χ0v) is 36.1. The number of rotatable bonds is 13. The molecule has 1 aliphatic heterocycles. The summed E-state index contributed by atoms with van der Waals surface area (Å²) in [5.74, 6) is -1.82. The molecule has 3 aliphatic rings. The molecule has 3 N–H and O–H groups in total. The second-order valence-corrected chi connectivity index (χ2v) is 21.3. The van der Waals surface area contributed by atoms with Crippen LogP contribution in [0.3, 0.4) is 0 Å². The van der Waals surface area contributed by atoms with E-state index in [1.807, 2.05) is 110 Å². The first-order chi connectivity index (χ1) is 30.2. The van der Waals surface area contributed by atoms with Crippen molar-refractivity contribution in [3.8, 4) is 22.3 Å². The Bertz CT molecular complexity index is 2650. The molecule has 0 saturated carbocycles. The lowest BCUT2D eigenvalue weighted by Crippen LogP contribution is -2.47. The van der Waals surface area contributed by atoms with Crippen LogP contribution in [0.25, 0.3) is 22.3 Å². The van der Waals surface area contributed by atoms with Gasteiger partial charge in [-0.05, 0) is 76.8 Å². The molecule has 0 radical (unpaired) electrons. The van der Waals surface area contributed by atoms with Gasteiger partial charge in [0, 0.05) is 31.6 Å². The van der Waals surface area contributed by atoms with E-state index in [9.17, 15) is 34.2 Å². The van der Waals surface area contributed by atoms with Gasteiger partial charge in [-0.3, -0.25) is 9.36 Å². The summed E-state index contributed by atoms with van der Waals surface area (Å²) in [5, 5.41) is 24.4. The van der Waals surface area contributed by atoms with Crippen LogP contribution >= 0.6 is 6.89 Å². The van der Waals surface area contributed by atoms with E-state index in [4.69, 9.17) is 18.9 Å². The number of benzene rings is 4. The summed E-state index contributed by atoms with van der Waals surface area (Å²) in [6, 6.07) is 29.5. The van der Waals surface area contributed by atoms with Crippen molar-refractivity contribution in [2.45, 2.75) is 61.7 Å². The first-order valence-electron chi connectivity index (χ1n) is 20.9. The van der Waals surface area contributed by atoms with E-state index in [0.29, 0.717) is 12.6 Å². The smallest absolute Gasteiger partial charge is 0.449 e. The number of amides is 1. The molecule has 63 heavy (non-hydrogen) atoms. The van der Waals surface area contributed by atoms with Gasteiger partial charge in [0.05, 0.1) is 11.7 Å². The molecule has 2 unspecified atom stereocenters. The van der Waals surface area contributed by atoms with Gasteiger partial charge in [-0.2, -0.15) is 0 Å². The zero-order valence-electron chi connectivity index (χ0n) is 35.2. The molecule has 5 atom stereocenters. The Balaban J connectivity index is 0.998. The number of aliphatic hydroxyl groups excluding tert-OH is 2. The molecule has 328 valence electrons. The largest absolute Gasteiger partial charge is 0.516 e. The molecule has 4 aromatic carbocycles. The number of carbonyl (C=O) groups excluding carboxylic acids is 3. The van der Waals surface area contributed by atoms with Crippen molar-refractivity contribution < 1.29 is 43.5 Å². The van der Waals surface area contributed by atoms with Crippen LogP contribution in [0, 0.1) is 0 Å². The fraction of sp³-hybridized carbons (Fsp3) is 0.333. The minimum atomic E-state index is -1.60. The summed E-state index contributed by atoms with van der Waals surface area (Å²) < 4.78 is 24.4. The van der Waals surface area contributed by atoms with E-state index in [1.165, 1.54) is 13.2 Å². The average molecular weight is 876 g/mol. The highest BCUT2D eigenvalue weighted by atomic mass is 31.2. The molecule has 15 heteroatoms. The van der Waals surface area contributed by atoms with E-state index in [2.05, 4.69) is 11.6 Å². The predicted octanol–water partition coefficient (Wildman–Crippen LogP) is 5.60. The van der Waals surface area contributed by atoms with Crippen LogP contribution in [0.4, 0.5) is 9.59 Å². The summed E-state index contributed by atoms with van der Waals surface area (Å²) in [6.45, 7) is 1.92. The minimum Gasteiger partial charge on any atom is -0.449 e. The van der Waals surface area contributed by atoms with Crippen LogP contribution in [0.2, 0.25) is 0 Å². The van der Waals surface area contributed by atoms with Crippen LogP contribution in [0.1, 0.15) is 58.6 Å². The van der Waals surface area contributed by atoms with Gasteiger partial charge >= 0.3 is 23.9 Å². The van der Waals surface area contributed by atoms with Gasteiger partial charge < -0.3 is 39.0 Å². The van der Waals surface area contributed by atoms with Crippen LogP contribution in [-0.4, -0.2) is 101 Å². The Kier molecular flexibility index (Phi) is 12.4. The maximum Gasteiger partial charge on any atom is 0.516 e. The van der Waals surface area contributed by atoms with Crippen LogP contribution in [-0.2, 0) is 37.3 Å². The van der Waals surface area contributed by atoms with Crippen LogP contribution < -0.4 is 16.6 Å². The third-order valence-corrected chi connectivity index (χ3v) is 13.6. The normalized spacial score (nSPS) is 19.4. The predicted molar refractivity (Wildman–Crippen MR) is 239 cm³/mol. The van der Waals surface area contributed by atoms with Crippen molar-refractivity contribution in [2.75, 3.05) is 32.7 Å². The van der Waals surface area contributed by atoms with Gasteiger partial charge in [0.2, 0.25) is 0 Å². The number of hydrogen-bond donors (Lipinski definition) is 3. The molecule has 5 aromatic rings. The molecule has 1 aromatic heterocycles. The van der Waals surface area contributed by atoms with E-state index in [-0.39, 0.29) is 30.6 Å². The highest BCUT2D eigenvalue weighted by molar-refractivity contribution is 7.72. The van der Waals surface area contributed by atoms with Gasteiger partial charge in [0.15, 0.2) is 0 Å². The Hall–Kier alpha value is -6.05. The van der Waals surface area contributed by atoms with Crippen molar-refractivity contribution >= 4 is 31.4 Å². The number of alkyl carbamates (subject to hydrolysis) is 1. The summed E-state index contributed by atoms with van der Waals surface area (Å²) >= 11 is 0. The first kappa shape index (κ1) is 43.6. The minimum absolute atomic E-state index is 0.0827. The second kappa shape index (κ2) is 18.0. The summed E-state index contributed by atoms with van der Waals surface area (Å²) in [5.41, 5.74) is 6.21. The quantitative estimate of drug-likeness (QED) is 0.0761. The standard InChI is InChI=1S/C48H50N3O11P/c1-50-25-36(43-42(53)41(52)40(61-43)22-24-63(2,3)4)44(54)51(47(50)57)23-21-39(49-46(56)59-26-37-32-17-9-5-13-28(32)29-14-6-10-18-33(29)37)45(55)62-48(58)60-27-38-34-19-11-7-15-30(34)31-16-8-12-20-35(31)38/h5-20,25,37-43,52-53H,2,21-24,26-27H2,1,3-4H3,(H,49,56)/t39?,40-,41-,42-,43?/m1/s1. The number of nitrogens with zero attached hydrogens (tertiary/aromatic N) is 2. The number of carbonyl (C=O) groups is 3. The van der Waals surface area contributed by atoms with Gasteiger partial charge in [0.1, 0.15) is 37.6 Å². The Morgan fingerprint density at radius 3 is 1.76 bits per heavy atom. The zero-order chi connectivity index (χ0) is 44.6. The van der Waals surface area contributed by atoms with Crippen LogP contribution in [0.15, 0.2) is 113 Å². The second-order valence-electron chi connectivity index (χ2n) is 17.0. The Morgan fingerprint density at radius 1 is 0.762 bits per heavy atom. The van der Waals surface area contributed by atoms with Gasteiger partial charge in [-0.1, -0.05) is 97.1 Å². The molecule has 1 amide bonds. The fourth-order valence-corrected chi connectivity index (χ4v) is 9.88. The molecular weight excluding hydrogens is 826 g/mol. The SMILES string of the molecule is C=P(C)(C)CC[C@H]1OC(c2cn(C)c(=O)n(CCC(NC(=O)OCC3c4ccccc4-c4ccccc43)C(=O)OC(=O)OCC3c4ccccc4-c4ccccc43)c2=O)[C@H](O)[C@@H]1O. The van der Waals surface area contributed by atoms with E-state index in [1.54, 1.807) is 0 Å². The lowest BCUT2D eigenvalue weighted by Gasteiger charge is -2.20. The third-order valence-electron chi connectivity index (χ3n) is 12.1. The molecule has 2 aliphatic carbocycles. The first-order valence-corrected chi connectivity index (χ1v) is 23.9. The van der Waals surface area contributed by atoms with Gasteiger partial charge in [-0.25, -0.2) is 19.2 Å². The lowest BCUT2D eigenvalue weighted by atomic mass is 9.98. The third kappa shape index (κ3) is 8.94. The molecule has 1 fully saturated rings. The van der Waals surface area contributed by atoms with E-state index < -0.39 is 79.8 Å². The molecule has 2 heterocycles. The van der Waals surface area contributed by atoms with Crippen LogP contribution in [0.5, 0.6) is 0 Å². The highest BCUT2D eigenvalue weighted by Gasteiger charge is 2.45. The number of esters is 1. The topological polar surface area (TPSA) is 185 Å². The molecule has 1 saturated heterocycles. The molecular formula is C48H50N3O11P. The fourth-order valence-electron chi connectivity index (χ4n) is 8.93. The average Bonchev–Trinajstić information content (AvgIpc) is 3.87. The van der Waals surface area contributed by atoms with Gasteiger partial charge in [-0.15, -0.1) is 13.2 Å². The molecule has 0 spiro atoms. The Morgan fingerprint density at radius 2 is 1.25 bits per heavy atom. The number of hydrogen-bond acceptors (Lipinski definition) is 11. The number of nitrogens with one attached hydrogen (secondary N) is 1. The number of aromatic nitrogens is 2. The molecule has 8 rings (SSSR count). The van der Waals surface area contributed by atoms with E-state index in [0.717, 1.165) is 53.6 Å². The highest BCUT2D eigenvalue weighted by Crippen LogP contribution is 2.46. The van der Waals surface area contributed by atoms with Crippen molar-refractivity contribution in [1.29, 1.82) is 0 Å². The van der Waals surface area contributed by atoms with E-state index >= 15 is 0 Å². The molecule has 14 nitrogen and oxygen atoms in total. The monoisotopic (exact) mass is 875 g/mol. The Labute approximate surface area is 364 Å². The summed E-state index contributed by atoms with van der Waals surface area (Å²) in [7, 11) is 1.41. The summed E-state index contributed by atoms with van der Waals surface area (Å²) in [6.07, 6.45) is -0.955. The summed E-state index contributed by atoms with van der Waals surface area (Å²) in [4.78, 5) is 68.0. The van der Waals surface area contributed by atoms with Crippen molar-refractivity contribution in [3.05, 3.63) is 152 Å². The number of aryl methyl sites for hydroxylation is 1. The maximum absolute atomic E-state index is 14.0. The van der Waals surface area contributed by atoms with Crippen molar-refractivity contribution in [2.24, 2.45) is 7.05 Å². The van der Waals surface area contributed by atoms with Crippen molar-refractivity contribution in [1.82, 2.24) is 14.5 Å². The van der Waals surface area contributed by atoms with Gasteiger partial charge in [0.25, 0.3) is 5.56 Å². The molecule has 0 bridgehead atoms. The van der Waals surface area contributed by atoms with Crippen molar-refractivity contribution in [3.63, 3.8) is 0 Å². The number of aliphatic hydroxyl groups is 2. The maximum atomic E-state index is 14.0. The number of fused-ring (bicyclic) bond motifs is 6. The lowest BCUT2D eigenvalue weighted by molar-refractivity contribution is -0.142. The number of ether oxygens (including phenoxy) is 4.